The van der Waals surface area contributed by atoms with Crippen LogP contribution in [-0.4, -0.2) is 25.2 Å². The molecular formula is C14H18FNO4S. The van der Waals surface area contributed by atoms with Crippen molar-refractivity contribution in [2.45, 2.75) is 32.1 Å². The van der Waals surface area contributed by atoms with Crippen molar-refractivity contribution in [3.63, 3.8) is 0 Å². The summed E-state index contributed by atoms with van der Waals surface area (Å²) < 4.78 is 39.5. The van der Waals surface area contributed by atoms with E-state index in [2.05, 4.69) is 4.72 Å². The maximum atomic E-state index is 13.2. The Bertz CT molecular complexity index is 624. The first-order chi connectivity index (χ1) is 9.87. The van der Waals surface area contributed by atoms with Gasteiger partial charge in [0.15, 0.2) is 0 Å². The predicted molar refractivity (Wildman–Crippen MR) is 77.3 cm³/mol. The molecule has 0 heterocycles. The zero-order valence-corrected chi connectivity index (χ0v) is 12.3. The maximum Gasteiger partial charge on any atom is 0.338 e. The van der Waals surface area contributed by atoms with E-state index in [1.807, 2.05) is 0 Å². The van der Waals surface area contributed by atoms with Crippen molar-refractivity contribution < 1.29 is 22.7 Å². The molecule has 1 saturated carbocycles. The smallest absolute Gasteiger partial charge is 0.338 e. The molecule has 1 aromatic carbocycles. The molecule has 1 aromatic rings. The summed E-state index contributed by atoms with van der Waals surface area (Å²) in [4.78, 5) is 10.8. The van der Waals surface area contributed by atoms with Crippen molar-refractivity contribution in [1.29, 1.82) is 0 Å². The van der Waals surface area contributed by atoms with E-state index in [9.17, 15) is 17.6 Å². The molecule has 0 amide bonds. The zero-order chi connectivity index (χ0) is 15.5. The summed E-state index contributed by atoms with van der Waals surface area (Å²) in [7, 11) is -3.54. The monoisotopic (exact) mass is 315 g/mol. The average Bonchev–Trinajstić information content (AvgIpc) is 2.91. The number of nitrogens with one attached hydrogen (secondary N) is 1. The Labute approximate surface area is 123 Å². The molecular weight excluding hydrogens is 297 g/mol. The Balaban J connectivity index is 2.02. The third kappa shape index (κ3) is 4.42. The number of hydrogen-bond donors (Lipinski definition) is 2. The van der Waals surface area contributed by atoms with Crippen molar-refractivity contribution in [3.8, 4) is 0 Å². The van der Waals surface area contributed by atoms with Crippen molar-refractivity contribution in [2.24, 2.45) is 5.92 Å². The zero-order valence-electron chi connectivity index (χ0n) is 11.5. The lowest BCUT2D eigenvalue weighted by Gasteiger charge is -2.11. The Morgan fingerprint density at radius 1 is 1.33 bits per heavy atom. The molecule has 0 aromatic heterocycles. The number of carboxylic acid groups (broad SMARTS) is 1. The predicted octanol–water partition coefficient (Wildman–Crippen LogP) is 2.85. The number of carboxylic acids is 1. The van der Waals surface area contributed by atoms with E-state index >= 15 is 0 Å². The first-order valence-corrected chi connectivity index (χ1v) is 8.56. The van der Waals surface area contributed by atoms with Gasteiger partial charge < -0.3 is 5.11 Å². The van der Waals surface area contributed by atoms with Crippen LogP contribution in [0, 0.1) is 11.7 Å². The number of sulfonamides is 1. The van der Waals surface area contributed by atoms with E-state index in [1.54, 1.807) is 0 Å². The Hall–Kier alpha value is -1.63. The largest absolute Gasteiger partial charge is 0.478 e. The number of carbonyl (C=O) groups is 1. The lowest BCUT2D eigenvalue weighted by Crippen LogP contribution is -2.18. The molecule has 0 bridgehead atoms. The molecule has 0 radical (unpaired) electrons. The molecule has 5 nitrogen and oxygen atoms in total. The van der Waals surface area contributed by atoms with Crippen LogP contribution in [0.1, 0.15) is 42.5 Å². The standard InChI is InChI=1S/C14H18FNO4S/c15-13-6-5-11(9-12(13)14(17)18)16-21(19,20)8-7-10-3-1-2-4-10/h5-6,9-10,16H,1-4,7-8H2,(H,17,18). The van der Waals surface area contributed by atoms with Crippen LogP contribution in [0.15, 0.2) is 18.2 Å². The Kier molecular flexibility index (Phi) is 4.82. The van der Waals surface area contributed by atoms with Gasteiger partial charge in [-0.15, -0.1) is 0 Å². The molecule has 116 valence electrons. The van der Waals surface area contributed by atoms with Gasteiger partial charge in [0.1, 0.15) is 5.82 Å². The minimum Gasteiger partial charge on any atom is -0.478 e. The van der Waals surface area contributed by atoms with Crippen molar-refractivity contribution >= 4 is 21.7 Å². The van der Waals surface area contributed by atoms with Gasteiger partial charge in [0.05, 0.1) is 11.3 Å². The normalized spacial score (nSPS) is 16.0. The number of hydrogen-bond acceptors (Lipinski definition) is 3. The second-order valence-electron chi connectivity index (χ2n) is 5.36. The molecule has 7 heteroatoms. The highest BCUT2D eigenvalue weighted by Crippen LogP contribution is 2.28. The molecule has 21 heavy (non-hydrogen) atoms. The molecule has 0 aliphatic heterocycles. The first-order valence-electron chi connectivity index (χ1n) is 6.91. The van der Waals surface area contributed by atoms with Crippen molar-refractivity contribution in [3.05, 3.63) is 29.6 Å². The van der Waals surface area contributed by atoms with E-state index < -0.39 is 27.4 Å². The molecule has 1 fully saturated rings. The highest BCUT2D eigenvalue weighted by molar-refractivity contribution is 7.92. The molecule has 0 atom stereocenters. The van der Waals surface area contributed by atoms with Gasteiger partial charge in [-0.25, -0.2) is 17.6 Å². The second kappa shape index (κ2) is 6.43. The molecule has 0 unspecified atom stereocenters. The van der Waals surface area contributed by atoms with Gasteiger partial charge in [-0.2, -0.15) is 0 Å². The summed E-state index contributed by atoms with van der Waals surface area (Å²) >= 11 is 0. The summed E-state index contributed by atoms with van der Waals surface area (Å²) in [5.74, 6) is -1.88. The fourth-order valence-corrected chi connectivity index (χ4v) is 3.84. The topological polar surface area (TPSA) is 83.5 Å². The van der Waals surface area contributed by atoms with E-state index in [4.69, 9.17) is 5.11 Å². The van der Waals surface area contributed by atoms with Crippen LogP contribution in [0.25, 0.3) is 0 Å². The van der Waals surface area contributed by atoms with E-state index in [0.29, 0.717) is 12.3 Å². The molecule has 0 saturated heterocycles. The van der Waals surface area contributed by atoms with Crippen LogP contribution in [0.2, 0.25) is 0 Å². The van der Waals surface area contributed by atoms with Crippen molar-refractivity contribution in [2.75, 3.05) is 10.5 Å². The van der Waals surface area contributed by atoms with Crippen LogP contribution in [0.5, 0.6) is 0 Å². The summed E-state index contributed by atoms with van der Waals surface area (Å²) in [6.45, 7) is 0. The summed E-state index contributed by atoms with van der Waals surface area (Å²) in [6.07, 6.45) is 5.03. The molecule has 1 aliphatic carbocycles. The first kappa shape index (κ1) is 15.8. The second-order valence-corrected chi connectivity index (χ2v) is 7.20. The van der Waals surface area contributed by atoms with Gasteiger partial charge in [-0.3, -0.25) is 4.72 Å². The molecule has 2 N–H and O–H groups in total. The number of benzene rings is 1. The summed E-state index contributed by atoms with van der Waals surface area (Å²) in [5, 5.41) is 8.82. The maximum absolute atomic E-state index is 13.2. The number of anilines is 1. The Morgan fingerprint density at radius 2 is 2.00 bits per heavy atom. The van der Waals surface area contributed by atoms with E-state index in [-0.39, 0.29) is 11.4 Å². The van der Waals surface area contributed by atoms with Crippen LogP contribution in [-0.2, 0) is 10.0 Å². The fraction of sp³-hybridized carbons (Fsp3) is 0.500. The minimum atomic E-state index is -3.54. The highest BCUT2D eigenvalue weighted by Gasteiger charge is 2.20. The van der Waals surface area contributed by atoms with E-state index in [0.717, 1.165) is 37.8 Å². The average molecular weight is 315 g/mol. The molecule has 1 aliphatic rings. The van der Waals surface area contributed by atoms with Crippen molar-refractivity contribution in [1.82, 2.24) is 0 Å². The van der Waals surface area contributed by atoms with Gasteiger partial charge in [0.2, 0.25) is 10.0 Å². The molecule has 2 rings (SSSR count). The fourth-order valence-electron chi connectivity index (χ4n) is 2.60. The molecule has 0 spiro atoms. The summed E-state index contributed by atoms with van der Waals surface area (Å²) in [6, 6.07) is 3.15. The lowest BCUT2D eigenvalue weighted by atomic mass is 10.1. The number of rotatable bonds is 6. The van der Waals surface area contributed by atoms with Gasteiger partial charge in [-0.1, -0.05) is 25.7 Å². The van der Waals surface area contributed by atoms with Crippen LogP contribution < -0.4 is 4.72 Å². The van der Waals surface area contributed by atoms with E-state index in [1.165, 1.54) is 6.07 Å². The number of halogens is 1. The van der Waals surface area contributed by atoms with Crippen LogP contribution in [0.4, 0.5) is 10.1 Å². The quantitative estimate of drug-likeness (QED) is 0.845. The minimum absolute atomic E-state index is 0.00253. The van der Waals surface area contributed by atoms with Gasteiger partial charge in [-0.05, 0) is 30.5 Å². The Morgan fingerprint density at radius 3 is 2.62 bits per heavy atom. The summed E-state index contributed by atoms with van der Waals surface area (Å²) in [5.41, 5.74) is -0.480. The highest BCUT2D eigenvalue weighted by atomic mass is 32.2. The SMILES string of the molecule is O=C(O)c1cc(NS(=O)(=O)CCC2CCCC2)ccc1F. The third-order valence-electron chi connectivity index (χ3n) is 3.74. The number of aromatic carboxylic acids is 1. The lowest BCUT2D eigenvalue weighted by molar-refractivity contribution is 0.0692. The van der Waals surface area contributed by atoms with Gasteiger partial charge in [0.25, 0.3) is 0 Å². The van der Waals surface area contributed by atoms with Gasteiger partial charge in [0, 0.05) is 5.69 Å². The third-order valence-corrected chi connectivity index (χ3v) is 5.06. The van der Waals surface area contributed by atoms with Gasteiger partial charge >= 0.3 is 5.97 Å². The van der Waals surface area contributed by atoms with Crippen LogP contribution in [0.3, 0.4) is 0 Å². The van der Waals surface area contributed by atoms with Crippen LogP contribution >= 0.6 is 0 Å².